The van der Waals surface area contributed by atoms with E-state index in [-0.39, 0.29) is 17.9 Å². The first-order chi connectivity index (χ1) is 12.5. The zero-order valence-corrected chi connectivity index (χ0v) is 15.8. The van der Waals surface area contributed by atoms with Gasteiger partial charge in [0.15, 0.2) is 0 Å². The molecule has 0 aromatic heterocycles. The quantitative estimate of drug-likeness (QED) is 0.679. The Bertz CT molecular complexity index is 607. The molecule has 0 bridgehead atoms. The molecule has 142 valence electrons. The van der Waals surface area contributed by atoms with Gasteiger partial charge in [-0.1, -0.05) is 35.9 Å². The highest BCUT2D eigenvalue weighted by molar-refractivity contribution is 5.81. The Morgan fingerprint density at radius 1 is 1.15 bits per heavy atom. The van der Waals surface area contributed by atoms with Crippen LogP contribution in [0.15, 0.2) is 36.9 Å². The third-order valence-corrected chi connectivity index (χ3v) is 4.73. The number of benzene rings is 1. The Kier molecular flexibility index (Phi) is 7.81. The van der Waals surface area contributed by atoms with Gasteiger partial charge in [-0.25, -0.2) is 0 Å². The summed E-state index contributed by atoms with van der Waals surface area (Å²) in [4.78, 5) is 28.5. The molecule has 0 saturated carbocycles. The van der Waals surface area contributed by atoms with Gasteiger partial charge in [-0.3, -0.25) is 19.4 Å². The van der Waals surface area contributed by atoms with E-state index in [4.69, 9.17) is 0 Å². The highest BCUT2D eigenvalue weighted by Crippen LogP contribution is 2.07. The van der Waals surface area contributed by atoms with E-state index in [0.717, 1.165) is 31.7 Å². The lowest BCUT2D eigenvalue weighted by atomic mass is 10.1. The second-order valence-corrected chi connectivity index (χ2v) is 6.78. The van der Waals surface area contributed by atoms with Gasteiger partial charge in [-0.15, -0.1) is 6.58 Å². The van der Waals surface area contributed by atoms with Crippen LogP contribution < -0.4 is 10.6 Å². The molecule has 1 aliphatic heterocycles. The van der Waals surface area contributed by atoms with Crippen molar-refractivity contribution >= 4 is 11.8 Å². The number of carbonyl (C=O) groups excluding carboxylic acids is 2. The van der Waals surface area contributed by atoms with Gasteiger partial charge < -0.3 is 10.6 Å². The second-order valence-electron chi connectivity index (χ2n) is 6.78. The molecule has 0 radical (unpaired) electrons. The van der Waals surface area contributed by atoms with E-state index in [1.165, 1.54) is 5.56 Å². The monoisotopic (exact) mass is 358 g/mol. The largest absolute Gasteiger partial charge is 0.352 e. The normalized spacial score (nSPS) is 16.7. The van der Waals surface area contributed by atoms with Gasteiger partial charge in [0.25, 0.3) is 0 Å². The summed E-state index contributed by atoms with van der Waals surface area (Å²) in [5.74, 6) is 0.0602. The molecule has 1 aromatic rings. The van der Waals surface area contributed by atoms with Crippen molar-refractivity contribution in [3.05, 3.63) is 48.0 Å². The van der Waals surface area contributed by atoms with Crippen LogP contribution >= 0.6 is 0 Å². The summed E-state index contributed by atoms with van der Waals surface area (Å²) < 4.78 is 0. The van der Waals surface area contributed by atoms with Crippen LogP contribution in [0, 0.1) is 6.92 Å². The summed E-state index contributed by atoms with van der Waals surface area (Å²) in [5.41, 5.74) is 2.32. The van der Waals surface area contributed by atoms with Crippen molar-refractivity contribution in [1.82, 2.24) is 20.4 Å². The van der Waals surface area contributed by atoms with E-state index in [1.54, 1.807) is 6.08 Å². The number of rotatable bonds is 8. The standard InChI is InChI=1S/C20H30N4O2/c1-4-9-21-19(25)15-23-10-12-24(13-11-23)17(3)20(26)22-14-18-7-5-16(2)6-8-18/h4-8,17H,1,9-15H2,2-3H3,(H,21,25)(H,22,26). The Hall–Kier alpha value is -2.18. The molecule has 26 heavy (non-hydrogen) atoms. The lowest BCUT2D eigenvalue weighted by molar-refractivity contribution is -0.128. The molecule has 2 amide bonds. The molecule has 1 aromatic carbocycles. The van der Waals surface area contributed by atoms with Gasteiger partial charge in [-0.2, -0.15) is 0 Å². The number of amides is 2. The number of hydrogen-bond acceptors (Lipinski definition) is 4. The van der Waals surface area contributed by atoms with Crippen LogP contribution in [0.5, 0.6) is 0 Å². The molecule has 2 rings (SSSR count). The van der Waals surface area contributed by atoms with Crippen molar-refractivity contribution in [3.8, 4) is 0 Å². The van der Waals surface area contributed by atoms with E-state index >= 15 is 0 Å². The van der Waals surface area contributed by atoms with Gasteiger partial charge in [0.05, 0.1) is 12.6 Å². The first-order valence-corrected chi connectivity index (χ1v) is 9.17. The van der Waals surface area contributed by atoms with Crippen molar-refractivity contribution < 1.29 is 9.59 Å². The van der Waals surface area contributed by atoms with Gasteiger partial charge in [0.2, 0.25) is 11.8 Å². The molecule has 1 fully saturated rings. The highest BCUT2D eigenvalue weighted by atomic mass is 16.2. The molecule has 1 unspecified atom stereocenters. The zero-order chi connectivity index (χ0) is 18.9. The van der Waals surface area contributed by atoms with E-state index in [9.17, 15) is 9.59 Å². The number of nitrogens with zero attached hydrogens (tertiary/aromatic N) is 2. The minimum atomic E-state index is -0.169. The van der Waals surface area contributed by atoms with Crippen LogP contribution in [0.25, 0.3) is 0 Å². The van der Waals surface area contributed by atoms with Crippen LogP contribution in [0.2, 0.25) is 0 Å². The van der Waals surface area contributed by atoms with Gasteiger partial charge >= 0.3 is 0 Å². The fourth-order valence-corrected chi connectivity index (χ4v) is 2.96. The molecule has 6 heteroatoms. The van der Waals surface area contributed by atoms with E-state index in [1.807, 2.05) is 26.0 Å². The maximum Gasteiger partial charge on any atom is 0.237 e. The van der Waals surface area contributed by atoms with Crippen LogP contribution in [0.4, 0.5) is 0 Å². The Morgan fingerprint density at radius 3 is 2.42 bits per heavy atom. The zero-order valence-electron chi connectivity index (χ0n) is 15.8. The second kappa shape index (κ2) is 10.1. The van der Waals surface area contributed by atoms with Crippen molar-refractivity contribution in [2.75, 3.05) is 39.3 Å². The lowest BCUT2D eigenvalue weighted by Gasteiger charge is -2.37. The first-order valence-electron chi connectivity index (χ1n) is 9.17. The minimum absolute atomic E-state index is 0.0160. The first kappa shape index (κ1) is 20.1. The number of piperazine rings is 1. The fraction of sp³-hybridized carbons (Fsp3) is 0.500. The molecule has 1 atom stereocenters. The average Bonchev–Trinajstić information content (AvgIpc) is 2.65. The maximum absolute atomic E-state index is 12.4. The number of aryl methyl sites for hydroxylation is 1. The Labute approximate surface area is 156 Å². The van der Waals surface area contributed by atoms with Crippen LogP contribution in [-0.4, -0.2) is 66.9 Å². The van der Waals surface area contributed by atoms with Crippen molar-refractivity contribution in [1.29, 1.82) is 0 Å². The molecule has 0 spiro atoms. The average molecular weight is 358 g/mol. The number of hydrogen-bond donors (Lipinski definition) is 2. The highest BCUT2D eigenvalue weighted by Gasteiger charge is 2.26. The number of nitrogens with one attached hydrogen (secondary N) is 2. The summed E-state index contributed by atoms with van der Waals surface area (Å²) in [7, 11) is 0. The summed E-state index contributed by atoms with van der Waals surface area (Å²) in [5, 5.41) is 5.81. The molecule has 1 aliphatic rings. The Morgan fingerprint density at radius 2 is 1.81 bits per heavy atom. The summed E-state index contributed by atoms with van der Waals surface area (Å²) in [6, 6.07) is 8.01. The maximum atomic E-state index is 12.4. The lowest BCUT2D eigenvalue weighted by Crippen LogP contribution is -2.55. The van der Waals surface area contributed by atoms with E-state index < -0.39 is 0 Å². The third kappa shape index (κ3) is 6.28. The van der Waals surface area contributed by atoms with Gasteiger partial charge in [-0.05, 0) is 19.4 Å². The van der Waals surface area contributed by atoms with Crippen molar-refractivity contribution in [3.63, 3.8) is 0 Å². The fourth-order valence-electron chi connectivity index (χ4n) is 2.96. The number of carbonyl (C=O) groups is 2. The molecular formula is C20H30N4O2. The van der Waals surface area contributed by atoms with Crippen LogP contribution in [0.3, 0.4) is 0 Å². The predicted molar refractivity (Wildman–Crippen MR) is 104 cm³/mol. The molecular weight excluding hydrogens is 328 g/mol. The summed E-state index contributed by atoms with van der Waals surface area (Å²) in [6.45, 7) is 12.2. The summed E-state index contributed by atoms with van der Waals surface area (Å²) >= 11 is 0. The van der Waals surface area contributed by atoms with Crippen molar-refractivity contribution in [2.45, 2.75) is 26.4 Å². The topological polar surface area (TPSA) is 64.7 Å². The molecule has 2 N–H and O–H groups in total. The smallest absolute Gasteiger partial charge is 0.237 e. The van der Waals surface area contributed by atoms with Crippen LogP contribution in [0.1, 0.15) is 18.1 Å². The van der Waals surface area contributed by atoms with Gasteiger partial charge in [0, 0.05) is 39.3 Å². The van der Waals surface area contributed by atoms with Crippen molar-refractivity contribution in [2.24, 2.45) is 0 Å². The predicted octanol–water partition coefficient (Wildman–Crippen LogP) is 0.920. The summed E-state index contributed by atoms with van der Waals surface area (Å²) in [6.07, 6.45) is 1.67. The molecule has 6 nitrogen and oxygen atoms in total. The van der Waals surface area contributed by atoms with E-state index in [0.29, 0.717) is 19.6 Å². The van der Waals surface area contributed by atoms with Crippen LogP contribution in [-0.2, 0) is 16.1 Å². The van der Waals surface area contributed by atoms with Gasteiger partial charge in [0.1, 0.15) is 0 Å². The molecule has 1 heterocycles. The SMILES string of the molecule is C=CCNC(=O)CN1CCN(C(C)C(=O)NCc2ccc(C)cc2)CC1. The Balaban J connectivity index is 1.72. The third-order valence-electron chi connectivity index (χ3n) is 4.73. The molecule has 0 aliphatic carbocycles. The van der Waals surface area contributed by atoms with E-state index in [2.05, 4.69) is 39.1 Å². The minimum Gasteiger partial charge on any atom is -0.352 e. The molecule has 1 saturated heterocycles.